The predicted octanol–water partition coefficient (Wildman–Crippen LogP) is 3.71. The Balaban J connectivity index is 1.87. The maximum absolute atomic E-state index is 5.35. The molecule has 0 aliphatic rings. The van der Waals surface area contributed by atoms with Gasteiger partial charge in [0, 0.05) is 17.1 Å². The Labute approximate surface area is 146 Å². The fourth-order valence-electron chi connectivity index (χ4n) is 2.55. The first-order valence-corrected chi connectivity index (χ1v) is 7.69. The van der Waals surface area contributed by atoms with Crippen molar-refractivity contribution in [2.45, 2.75) is 0 Å². The molecule has 0 saturated heterocycles. The number of benzene rings is 2. The Morgan fingerprint density at radius 3 is 2.36 bits per heavy atom. The van der Waals surface area contributed by atoms with E-state index in [-0.39, 0.29) is 0 Å². The Kier molecular flexibility index (Phi) is 4.99. The fraction of sp³-hybridized carbons (Fsp3) is 0.158. The van der Waals surface area contributed by atoms with E-state index in [1.807, 2.05) is 42.5 Å². The number of aromatic nitrogens is 1. The summed E-state index contributed by atoms with van der Waals surface area (Å²) < 4.78 is 16.0. The first kappa shape index (κ1) is 16.6. The van der Waals surface area contributed by atoms with Crippen LogP contribution in [0.15, 0.2) is 53.8 Å². The van der Waals surface area contributed by atoms with Gasteiger partial charge >= 0.3 is 0 Å². The molecule has 0 unspecified atom stereocenters. The van der Waals surface area contributed by atoms with E-state index in [9.17, 15) is 0 Å². The van der Waals surface area contributed by atoms with Gasteiger partial charge in [0.1, 0.15) is 0 Å². The van der Waals surface area contributed by atoms with Gasteiger partial charge < -0.3 is 14.2 Å². The Bertz CT molecular complexity index is 879. The lowest BCUT2D eigenvalue weighted by atomic mass is 10.2. The van der Waals surface area contributed by atoms with E-state index in [2.05, 4.69) is 15.5 Å². The van der Waals surface area contributed by atoms with Crippen LogP contribution in [-0.2, 0) is 0 Å². The molecule has 3 aromatic rings. The van der Waals surface area contributed by atoms with Crippen molar-refractivity contribution in [1.82, 2.24) is 4.98 Å². The summed E-state index contributed by atoms with van der Waals surface area (Å²) in [4.78, 5) is 4.33. The van der Waals surface area contributed by atoms with Crippen molar-refractivity contribution in [1.29, 1.82) is 0 Å². The standard InChI is InChI=1S/C19H19N3O3/c1-23-17-10-13(11-18(24-2)19(17)25-3)12-21-22-16-8-9-20-15-7-5-4-6-14(15)16/h4-12H,1-3H3,(H,20,22). The molecule has 6 nitrogen and oxygen atoms in total. The largest absolute Gasteiger partial charge is 0.493 e. The quantitative estimate of drug-likeness (QED) is 0.549. The molecule has 2 aromatic carbocycles. The zero-order chi connectivity index (χ0) is 17.6. The number of nitrogens with zero attached hydrogens (tertiary/aromatic N) is 2. The number of hydrazone groups is 1. The second-order valence-electron chi connectivity index (χ2n) is 5.20. The van der Waals surface area contributed by atoms with Gasteiger partial charge in [-0.15, -0.1) is 0 Å². The molecule has 0 fully saturated rings. The normalized spacial score (nSPS) is 10.8. The van der Waals surface area contributed by atoms with Crippen LogP contribution < -0.4 is 19.6 Å². The minimum absolute atomic E-state index is 0.551. The Morgan fingerprint density at radius 2 is 1.68 bits per heavy atom. The number of pyridine rings is 1. The Hall–Kier alpha value is -3.28. The van der Waals surface area contributed by atoms with Crippen molar-refractivity contribution >= 4 is 22.8 Å². The highest BCUT2D eigenvalue weighted by molar-refractivity contribution is 5.91. The maximum atomic E-state index is 5.35. The average molecular weight is 337 g/mol. The summed E-state index contributed by atoms with van der Waals surface area (Å²) in [6.45, 7) is 0. The van der Waals surface area contributed by atoms with Crippen LogP contribution in [0.25, 0.3) is 10.9 Å². The smallest absolute Gasteiger partial charge is 0.203 e. The number of methoxy groups -OCH3 is 3. The van der Waals surface area contributed by atoms with Crippen molar-refractivity contribution in [3.8, 4) is 17.2 Å². The second-order valence-corrected chi connectivity index (χ2v) is 5.20. The minimum Gasteiger partial charge on any atom is -0.493 e. The third-order valence-corrected chi connectivity index (χ3v) is 3.73. The summed E-state index contributed by atoms with van der Waals surface area (Å²) in [5, 5.41) is 5.32. The van der Waals surface area contributed by atoms with Crippen LogP contribution in [0.4, 0.5) is 5.69 Å². The lowest BCUT2D eigenvalue weighted by Gasteiger charge is -2.12. The summed E-state index contributed by atoms with van der Waals surface area (Å²) >= 11 is 0. The molecule has 3 rings (SSSR count). The van der Waals surface area contributed by atoms with Crippen LogP contribution in [0, 0.1) is 0 Å². The number of fused-ring (bicyclic) bond motifs is 1. The predicted molar refractivity (Wildman–Crippen MR) is 99.1 cm³/mol. The minimum atomic E-state index is 0.551. The lowest BCUT2D eigenvalue weighted by molar-refractivity contribution is 0.324. The monoisotopic (exact) mass is 337 g/mol. The molecule has 0 aliphatic heterocycles. The summed E-state index contributed by atoms with van der Waals surface area (Å²) in [6.07, 6.45) is 3.44. The van der Waals surface area contributed by atoms with E-state index >= 15 is 0 Å². The van der Waals surface area contributed by atoms with E-state index in [0.717, 1.165) is 22.2 Å². The van der Waals surface area contributed by atoms with Crippen molar-refractivity contribution in [3.63, 3.8) is 0 Å². The molecule has 25 heavy (non-hydrogen) atoms. The molecular formula is C19H19N3O3. The van der Waals surface area contributed by atoms with Gasteiger partial charge in [0.05, 0.1) is 38.7 Å². The first-order valence-electron chi connectivity index (χ1n) is 7.69. The number of rotatable bonds is 6. The van der Waals surface area contributed by atoms with Crippen LogP contribution in [-0.4, -0.2) is 32.5 Å². The van der Waals surface area contributed by atoms with E-state index < -0.39 is 0 Å². The zero-order valence-corrected chi connectivity index (χ0v) is 14.3. The van der Waals surface area contributed by atoms with Crippen LogP contribution in [0.5, 0.6) is 17.2 Å². The molecule has 0 bridgehead atoms. The molecule has 0 radical (unpaired) electrons. The molecule has 1 heterocycles. The van der Waals surface area contributed by atoms with Gasteiger partial charge in [0.25, 0.3) is 0 Å². The van der Waals surface area contributed by atoms with Crippen LogP contribution in [0.2, 0.25) is 0 Å². The van der Waals surface area contributed by atoms with Gasteiger partial charge in [-0.1, -0.05) is 18.2 Å². The third-order valence-electron chi connectivity index (χ3n) is 3.73. The Morgan fingerprint density at radius 1 is 0.960 bits per heavy atom. The van der Waals surface area contributed by atoms with Crippen molar-refractivity contribution in [2.75, 3.05) is 26.8 Å². The highest BCUT2D eigenvalue weighted by atomic mass is 16.5. The summed E-state index contributed by atoms with van der Waals surface area (Å²) in [7, 11) is 4.74. The molecule has 0 amide bonds. The van der Waals surface area contributed by atoms with Crippen LogP contribution >= 0.6 is 0 Å². The molecule has 1 N–H and O–H groups in total. The van der Waals surface area contributed by atoms with Gasteiger partial charge in [-0.05, 0) is 24.3 Å². The third kappa shape index (κ3) is 3.47. The lowest BCUT2D eigenvalue weighted by Crippen LogP contribution is -1.98. The summed E-state index contributed by atoms with van der Waals surface area (Å²) in [5.74, 6) is 1.71. The second kappa shape index (κ2) is 7.53. The highest BCUT2D eigenvalue weighted by Crippen LogP contribution is 2.37. The molecule has 0 aliphatic carbocycles. The van der Waals surface area contributed by atoms with E-state index in [1.54, 1.807) is 33.7 Å². The van der Waals surface area contributed by atoms with Crippen LogP contribution in [0.3, 0.4) is 0 Å². The number of hydrogen-bond donors (Lipinski definition) is 1. The molecular weight excluding hydrogens is 318 g/mol. The molecule has 128 valence electrons. The molecule has 0 spiro atoms. The number of hydrogen-bond acceptors (Lipinski definition) is 6. The number of nitrogens with one attached hydrogen (secondary N) is 1. The molecule has 1 aromatic heterocycles. The van der Waals surface area contributed by atoms with Crippen LogP contribution in [0.1, 0.15) is 5.56 Å². The fourth-order valence-corrected chi connectivity index (χ4v) is 2.55. The SMILES string of the molecule is COc1cc(C=NNc2ccnc3ccccc23)cc(OC)c1OC. The topological polar surface area (TPSA) is 65.0 Å². The molecule has 0 saturated carbocycles. The van der Waals surface area contributed by atoms with Gasteiger partial charge in [-0.3, -0.25) is 10.4 Å². The summed E-state index contributed by atoms with van der Waals surface area (Å²) in [5.41, 5.74) is 5.67. The van der Waals surface area contributed by atoms with E-state index in [0.29, 0.717) is 17.2 Å². The average Bonchev–Trinajstić information content (AvgIpc) is 2.67. The van der Waals surface area contributed by atoms with Gasteiger partial charge in [0.2, 0.25) is 5.75 Å². The number of para-hydroxylation sites is 1. The van der Waals surface area contributed by atoms with Crippen molar-refractivity contribution in [2.24, 2.45) is 5.10 Å². The molecule has 0 atom stereocenters. The van der Waals surface area contributed by atoms with Gasteiger partial charge in [-0.2, -0.15) is 5.10 Å². The number of ether oxygens (including phenoxy) is 3. The van der Waals surface area contributed by atoms with E-state index in [1.165, 1.54) is 0 Å². The summed E-state index contributed by atoms with van der Waals surface area (Å²) in [6, 6.07) is 13.4. The van der Waals surface area contributed by atoms with Crippen molar-refractivity contribution < 1.29 is 14.2 Å². The highest BCUT2D eigenvalue weighted by Gasteiger charge is 2.12. The zero-order valence-electron chi connectivity index (χ0n) is 14.3. The van der Waals surface area contributed by atoms with Gasteiger partial charge in [0.15, 0.2) is 11.5 Å². The van der Waals surface area contributed by atoms with E-state index in [4.69, 9.17) is 14.2 Å². The van der Waals surface area contributed by atoms with Crippen molar-refractivity contribution in [3.05, 3.63) is 54.2 Å². The first-order chi connectivity index (χ1) is 12.3. The number of anilines is 1. The maximum Gasteiger partial charge on any atom is 0.203 e. The van der Waals surface area contributed by atoms with Gasteiger partial charge in [-0.25, -0.2) is 0 Å². The molecule has 6 heteroatoms.